The highest BCUT2D eigenvalue weighted by Crippen LogP contribution is 2.35. The van der Waals surface area contributed by atoms with Crippen molar-refractivity contribution in [2.75, 3.05) is 6.54 Å². The van der Waals surface area contributed by atoms with Crippen molar-refractivity contribution in [3.05, 3.63) is 29.8 Å². The predicted octanol–water partition coefficient (Wildman–Crippen LogP) is 2.43. The first kappa shape index (κ1) is 15.5. The Bertz CT molecular complexity index is 531. The number of aliphatic hydroxyl groups excluding tert-OH is 1. The molecular formula is C15H23NO3S. The van der Waals surface area contributed by atoms with E-state index >= 15 is 0 Å². The Kier molecular flexibility index (Phi) is 4.83. The van der Waals surface area contributed by atoms with Crippen molar-refractivity contribution in [2.24, 2.45) is 5.41 Å². The molecule has 5 heteroatoms. The van der Waals surface area contributed by atoms with Crippen LogP contribution in [0.5, 0.6) is 0 Å². The minimum atomic E-state index is -3.45. The van der Waals surface area contributed by atoms with Crippen LogP contribution in [-0.4, -0.2) is 20.1 Å². The van der Waals surface area contributed by atoms with E-state index in [4.69, 9.17) is 5.11 Å². The molecule has 0 unspecified atom stereocenters. The van der Waals surface area contributed by atoms with Gasteiger partial charge in [-0.1, -0.05) is 38.3 Å². The highest BCUT2D eigenvalue weighted by atomic mass is 32.2. The van der Waals surface area contributed by atoms with Crippen LogP contribution in [0.2, 0.25) is 0 Å². The number of aliphatic hydroxyl groups is 1. The molecule has 4 nitrogen and oxygen atoms in total. The lowest BCUT2D eigenvalue weighted by Gasteiger charge is -2.33. The summed E-state index contributed by atoms with van der Waals surface area (Å²) in [6.07, 6.45) is 5.79. The zero-order valence-electron chi connectivity index (χ0n) is 11.9. The van der Waals surface area contributed by atoms with Gasteiger partial charge < -0.3 is 5.11 Å². The predicted molar refractivity (Wildman–Crippen MR) is 78.7 cm³/mol. The summed E-state index contributed by atoms with van der Waals surface area (Å²) in [4.78, 5) is 0.258. The smallest absolute Gasteiger partial charge is 0.240 e. The molecule has 1 fully saturated rings. The molecule has 1 saturated carbocycles. The summed E-state index contributed by atoms with van der Waals surface area (Å²) in [6.45, 7) is 2.58. The molecule has 2 rings (SSSR count). The number of sulfonamides is 1. The zero-order valence-corrected chi connectivity index (χ0v) is 12.7. The third-order valence-corrected chi connectivity index (χ3v) is 5.58. The van der Waals surface area contributed by atoms with E-state index in [1.54, 1.807) is 12.1 Å². The van der Waals surface area contributed by atoms with Gasteiger partial charge in [-0.3, -0.25) is 0 Å². The summed E-state index contributed by atoms with van der Waals surface area (Å²) < 4.78 is 27.2. The molecule has 112 valence electrons. The highest BCUT2D eigenvalue weighted by molar-refractivity contribution is 7.89. The Hall–Kier alpha value is -0.910. The van der Waals surface area contributed by atoms with E-state index in [-0.39, 0.29) is 16.9 Å². The second-order valence-electron chi connectivity index (χ2n) is 6.00. The van der Waals surface area contributed by atoms with Crippen LogP contribution >= 0.6 is 0 Å². The average Bonchev–Trinajstić information content (AvgIpc) is 2.46. The van der Waals surface area contributed by atoms with Gasteiger partial charge in [0.2, 0.25) is 10.0 Å². The van der Waals surface area contributed by atoms with Gasteiger partial charge in [0.25, 0.3) is 0 Å². The second kappa shape index (κ2) is 6.24. The van der Waals surface area contributed by atoms with Crippen molar-refractivity contribution in [1.29, 1.82) is 0 Å². The van der Waals surface area contributed by atoms with E-state index < -0.39 is 10.0 Å². The number of rotatable bonds is 5. The van der Waals surface area contributed by atoms with Crippen LogP contribution in [0.1, 0.15) is 44.6 Å². The van der Waals surface area contributed by atoms with Crippen molar-refractivity contribution < 1.29 is 13.5 Å². The molecule has 0 heterocycles. The van der Waals surface area contributed by atoms with Gasteiger partial charge >= 0.3 is 0 Å². The van der Waals surface area contributed by atoms with Crippen molar-refractivity contribution >= 4 is 10.0 Å². The van der Waals surface area contributed by atoms with Gasteiger partial charge in [-0.25, -0.2) is 13.1 Å². The highest BCUT2D eigenvalue weighted by Gasteiger charge is 2.28. The normalized spacial score (nSPS) is 18.9. The second-order valence-corrected chi connectivity index (χ2v) is 7.76. The molecule has 1 aromatic rings. The lowest BCUT2D eigenvalue weighted by atomic mass is 9.76. The van der Waals surface area contributed by atoms with E-state index in [0.717, 1.165) is 12.8 Å². The summed E-state index contributed by atoms with van der Waals surface area (Å²) in [5.41, 5.74) is 0.791. The van der Waals surface area contributed by atoms with E-state index in [0.29, 0.717) is 12.1 Å². The molecule has 1 aliphatic rings. The maximum Gasteiger partial charge on any atom is 0.240 e. The van der Waals surface area contributed by atoms with Gasteiger partial charge in [0.15, 0.2) is 0 Å². The van der Waals surface area contributed by atoms with Crippen molar-refractivity contribution in [2.45, 2.75) is 50.5 Å². The van der Waals surface area contributed by atoms with Crippen molar-refractivity contribution in [1.82, 2.24) is 4.72 Å². The minimum absolute atomic E-state index is 0.0776. The number of nitrogens with one attached hydrogen (secondary N) is 1. The zero-order chi connectivity index (χ0) is 14.6. The van der Waals surface area contributed by atoms with Crippen LogP contribution in [0.15, 0.2) is 29.2 Å². The largest absolute Gasteiger partial charge is 0.392 e. The van der Waals surface area contributed by atoms with Gasteiger partial charge in [0.1, 0.15) is 0 Å². The summed E-state index contributed by atoms with van der Waals surface area (Å²) >= 11 is 0. The molecule has 0 radical (unpaired) electrons. The summed E-state index contributed by atoms with van der Waals surface area (Å²) in [5, 5.41) is 8.97. The van der Waals surface area contributed by atoms with Gasteiger partial charge in [0.05, 0.1) is 11.5 Å². The van der Waals surface area contributed by atoms with Crippen molar-refractivity contribution in [3.8, 4) is 0 Å². The lowest BCUT2D eigenvalue weighted by molar-refractivity contribution is 0.219. The maximum atomic E-state index is 12.2. The van der Waals surface area contributed by atoms with Crippen molar-refractivity contribution in [3.63, 3.8) is 0 Å². The monoisotopic (exact) mass is 297 g/mol. The first-order valence-corrected chi connectivity index (χ1v) is 8.63. The first-order chi connectivity index (χ1) is 9.45. The molecule has 1 aromatic carbocycles. The van der Waals surface area contributed by atoms with Gasteiger partial charge in [-0.2, -0.15) is 0 Å². The van der Waals surface area contributed by atoms with Crippen LogP contribution in [0.4, 0.5) is 0 Å². The molecule has 0 atom stereocenters. The quantitative estimate of drug-likeness (QED) is 0.877. The molecular weight excluding hydrogens is 274 g/mol. The Labute approximate surface area is 121 Å². The van der Waals surface area contributed by atoms with E-state index in [9.17, 15) is 8.42 Å². The van der Waals surface area contributed by atoms with Crippen LogP contribution < -0.4 is 4.72 Å². The molecule has 20 heavy (non-hydrogen) atoms. The molecule has 0 aliphatic heterocycles. The first-order valence-electron chi connectivity index (χ1n) is 7.15. The Morgan fingerprint density at radius 1 is 1.15 bits per heavy atom. The van der Waals surface area contributed by atoms with Crippen LogP contribution in [0.25, 0.3) is 0 Å². The lowest BCUT2D eigenvalue weighted by Crippen LogP contribution is -2.37. The molecule has 2 N–H and O–H groups in total. The van der Waals surface area contributed by atoms with Crippen LogP contribution in [-0.2, 0) is 16.6 Å². The molecule has 0 aromatic heterocycles. The average molecular weight is 297 g/mol. The number of hydrogen-bond acceptors (Lipinski definition) is 3. The van der Waals surface area contributed by atoms with Crippen LogP contribution in [0, 0.1) is 5.41 Å². The minimum Gasteiger partial charge on any atom is -0.392 e. The Morgan fingerprint density at radius 3 is 2.30 bits per heavy atom. The molecule has 1 aliphatic carbocycles. The fraction of sp³-hybridized carbons (Fsp3) is 0.600. The van der Waals surface area contributed by atoms with Gasteiger partial charge in [0, 0.05) is 6.54 Å². The maximum absolute atomic E-state index is 12.2. The van der Waals surface area contributed by atoms with E-state index in [2.05, 4.69) is 11.6 Å². The summed E-state index contributed by atoms with van der Waals surface area (Å²) in [5.74, 6) is 0. The molecule has 0 spiro atoms. The fourth-order valence-corrected chi connectivity index (χ4v) is 3.91. The third kappa shape index (κ3) is 3.81. The fourth-order valence-electron chi connectivity index (χ4n) is 2.71. The standard InChI is InChI=1S/C15H23NO3S/c1-15(9-3-2-4-10-15)12-16-20(18,19)14-7-5-13(11-17)6-8-14/h5-8,16-17H,2-4,9-12H2,1H3. The molecule has 0 amide bonds. The number of hydrogen-bond donors (Lipinski definition) is 2. The SMILES string of the molecule is CC1(CNS(=O)(=O)c2ccc(CO)cc2)CCCCC1. The number of benzene rings is 1. The summed E-state index contributed by atoms with van der Waals surface area (Å²) in [7, 11) is -3.45. The molecule has 0 bridgehead atoms. The third-order valence-electron chi connectivity index (χ3n) is 4.17. The van der Waals surface area contributed by atoms with Crippen LogP contribution in [0.3, 0.4) is 0 Å². The Balaban J connectivity index is 2.02. The van der Waals surface area contributed by atoms with Gasteiger partial charge in [-0.05, 0) is 36.0 Å². The molecule has 0 saturated heterocycles. The van der Waals surface area contributed by atoms with E-state index in [1.165, 1.54) is 31.4 Å². The van der Waals surface area contributed by atoms with E-state index in [1.807, 2.05) is 0 Å². The van der Waals surface area contributed by atoms with Gasteiger partial charge in [-0.15, -0.1) is 0 Å². The topological polar surface area (TPSA) is 66.4 Å². The Morgan fingerprint density at radius 2 is 1.75 bits per heavy atom. The summed E-state index contributed by atoms with van der Waals surface area (Å²) in [6, 6.07) is 6.35.